The van der Waals surface area contributed by atoms with Gasteiger partial charge in [0, 0.05) is 5.56 Å². The minimum absolute atomic E-state index is 0.263. The fourth-order valence-electron chi connectivity index (χ4n) is 3.05. The van der Waals surface area contributed by atoms with Gasteiger partial charge in [0.2, 0.25) is 0 Å². The molecule has 0 saturated carbocycles. The van der Waals surface area contributed by atoms with Crippen molar-refractivity contribution in [2.45, 2.75) is 6.92 Å². The Hall–Kier alpha value is -4.53. The Morgan fingerprint density at radius 3 is 2.14 bits per heavy atom. The van der Waals surface area contributed by atoms with Crippen molar-refractivity contribution in [3.63, 3.8) is 0 Å². The zero-order chi connectivity index (χ0) is 25.2. The molecule has 0 bridgehead atoms. The second-order valence-corrected chi connectivity index (χ2v) is 7.03. The molecule has 35 heavy (non-hydrogen) atoms. The summed E-state index contributed by atoms with van der Waals surface area (Å²) in [5.41, 5.74) is 3.82. The molecular weight excluding hydrogens is 452 g/mol. The fourth-order valence-corrected chi connectivity index (χ4v) is 3.05. The van der Waals surface area contributed by atoms with Crippen LogP contribution < -0.4 is 29.1 Å². The van der Waals surface area contributed by atoms with Crippen LogP contribution in [0.15, 0.2) is 65.8 Å². The minimum Gasteiger partial charge on any atom is -0.497 e. The molecule has 0 atom stereocenters. The fraction of sp³-hybridized carbons (Fsp3) is 0.192. The number of hydrogen-bond acceptors (Lipinski definition) is 8. The average molecular weight is 479 g/mol. The van der Waals surface area contributed by atoms with Gasteiger partial charge in [-0.15, -0.1) is 0 Å². The molecule has 0 aliphatic heterocycles. The van der Waals surface area contributed by atoms with Crippen LogP contribution in [0.25, 0.3) is 0 Å². The lowest BCUT2D eigenvalue weighted by Gasteiger charge is -2.11. The third kappa shape index (κ3) is 6.50. The molecule has 3 aromatic carbocycles. The minimum atomic E-state index is -0.530. The maximum Gasteiger partial charge on any atom is 0.343 e. The summed E-state index contributed by atoms with van der Waals surface area (Å²) in [6.45, 7) is 2.18. The van der Waals surface area contributed by atoms with Gasteiger partial charge in [-0.1, -0.05) is 0 Å². The second kappa shape index (κ2) is 12.1. The van der Waals surface area contributed by atoms with Gasteiger partial charge < -0.3 is 23.7 Å². The van der Waals surface area contributed by atoms with Crippen molar-refractivity contribution in [3.05, 3.63) is 77.4 Å². The molecule has 0 aromatic heterocycles. The first-order valence-electron chi connectivity index (χ1n) is 10.7. The maximum atomic E-state index is 12.5. The molecule has 1 N–H and O–H groups in total. The summed E-state index contributed by atoms with van der Waals surface area (Å²) in [5.74, 6) is 1.27. The zero-order valence-electron chi connectivity index (χ0n) is 19.9. The van der Waals surface area contributed by atoms with E-state index in [0.717, 1.165) is 0 Å². The number of amides is 1. The summed E-state index contributed by atoms with van der Waals surface area (Å²) in [6, 6.07) is 16.3. The highest BCUT2D eigenvalue weighted by Crippen LogP contribution is 2.29. The summed E-state index contributed by atoms with van der Waals surface area (Å²) in [7, 11) is 4.56. The molecule has 0 spiro atoms. The topological polar surface area (TPSA) is 105 Å². The van der Waals surface area contributed by atoms with Gasteiger partial charge in [0.05, 0.1) is 39.7 Å². The quantitative estimate of drug-likeness (QED) is 0.202. The van der Waals surface area contributed by atoms with E-state index < -0.39 is 11.9 Å². The number of hydrogen-bond donors (Lipinski definition) is 1. The first-order chi connectivity index (χ1) is 17.0. The van der Waals surface area contributed by atoms with E-state index in [9.17, 15) is 9.59 Å². The van der Waals surface area contributed by atoms with Crippen molar-refractivity contribution in [3.8, 4) is 28.7 Å². The number of nitrogens with one attached hydrogen (secondary N) is 1. The van der Waals surface area contributed by atoms with Gasteiger partial charge in [0.1, 0.15) is 5.75 Å². The van der Waals surface area contributed by atoms with Crippen LogP contribution in [0.3, 0.4) is 0 Å². The van der Waals surface area contributed by atoms with Crippen molar-refractivity contribution < 1.29 is 33.3 Å². The van der Waals surface area contributed by atoms with Gasteiger partial charge in [-0.25, -0.2) is 10.2 Å². The lowest BCUT2D eigenvalue weighted by molar-refractivity contribution is 0.0728. The number of rotatable bonds is 10. The molecule has 9 heteroatoms. The Balaban J connectivity index is 1.69. The first-order valence-corrected chi connectivity index (χ1v) is 10.7. The SMILES string of the molecule is CCOc1cc(C=NNC(=O)c2ccc(OC)c(OC)c2)ccc1OC(=O)c1ccc(OC)cc1. The van der Waals surface area contributed by atoms with E-state index in [1.165, 1.54) is 20.4 Å². The van der Waals surface area contributed by atoms with Gasteiger partial charge in [0.25, 0.3) is 5.91 Å². The largest absolute Gasteiger partial charge is 0.497 e. The predicted octanol–water partition coefficient (Wildman–Crippen LogP) is 4.09. The van der Waals surface area contributed by atoms with Crippen LogP contribution in [0.4, 0.5) is 0 Å². The van der Waals surface area contributed by atoms with Gasteiger partial charge in [0.15, 0.2) is 23.0 Å². The second-order valence-electron chi connectivity index (χ2n) is 7.03. The van der Waals surface area contributed by atoms with Crippen LogP contribution in [-0.2, 0) is 0 Å². The third-order valence-corrected chi connectivity index (χ3v) is 4.82. The van der Waals surface area contributed by atoms with Crippen LogP contribution in [-0.4, -0.2) is 46.0 Å². The standard InChI is InChI=1S/C26H26N2O7/c1-5-34-24-14-17(6-12-22(24)35-26(30)18-7-10-20(31-2)11-8-18)16-27-28-25(29)19-9-13-21(32-3)23(15-19)33-4/h6-16H,5H2,1-4H3,(H,28,29). The van der Waals surface area contributed by atoms with Crippen molar-refractivity contribution in [1.29, 1.82) is 0 Å². The van der Waals surface area contributed by atoms with E-state index in [1.54, 1.807) is 67.8 Å². The van der Waals surface area contributed by atoms with Gasteiger partial charge in [-0.2, -0.15) is 5.10 Å². The lowest BCUT2D eigenvalue weighted by atomic mass is 10.2. The smallest absolute Gasteiger partial charge is 0.343 e. The van der Waals surface area contributed by atoms with Crippen LogP contribution in [0.1, 0.15) is 33.2 Å². The highest BCUT2D eigenvalue weighted by Gasteiger charge is 2.14. The predicted molar refractivity (Wildman–Crippen MR) is 130 cm³/mol. The Bertz CT molecular complexity index is 1210. The molecule has 0 radical (unpaired) electrons. The molecule has 182 valence electrons. The molecule has 0 saturated heterocycles. The number of carbonyl (C=O) groups is 2. The van der Waals surface area contributed by atoms with Crippen LogP contribution in [0, 0.1) is 0 Å². The van der Waals surface area contributed by atoms with Crippen molar-refractivity contribution in [2.75, 3.05) is 27.9 Å². The van der Waals surface area contributed by atoms with Crippen LogP contribution >= 0.6 is 0 Å². The van der Waals surface area contributed by atoms with E-state index >= 15 is 0 Å². The van der Waals surface area contributed by atoms with E-state index in [4.69, 9.17) is 23.7 Å². The average Bonchev–Trinajstić information content (AvgIpc) is 2.89. The summed E-state index contributed by atoms with van der Waals surface area (Å²) < 4.78 is 26.6. The molecule has 9 nitrogen and oxygen atoms in total. The zero-order valence-corrected chi connectivity index (χ0v) is 19.9. The summed E-state index contributed by atoms with van der Waals surface area (Å²) in [4.78, 5) is 24.9. The molecular formula is C26H26N2O7. The van der Waals surface area contributed by atoms with E-state index in [0.29, 0.717) is 46.3 Å². The lowest BCUT2D eigenvalue weighted by Crippen LogP contribution is -2.17. The summed E-state index contributed by atoms with van der Waals surface area (Å²) in [6.07, 6.45) is 1.45. The Morgan fingerprint density at radius 1 is 0.800 bits per heavy atom. The van der Waals surface area contributed by atoms with Crippen LogP contribution in [0.2, 0.25) is 0 Å². The third-order valence-electron chi connectivity index (χ3n) is 4.82. The van der Waals surface area contributed by atoms with Crippen molar-refractivity contribution in [2.24, 2.45) is 5.10 Å². The van der Waals surface area contributed by atoms with Gasteiger partial charge in [-0.05, 0) is 73.2 Å². The molecule has 0 heterocycles. The molecule has 0 aliphatic carbocycles. The molecule has 1 amide bonds. The van der Waals surface area contributed by atoms with Crippen LogP contribution in [0.5, 0.6) is 28.7 Å². The molecule has 3 rings (SSSR count). The van der Waals surface area contributed by atoms with Crippen molar-refractivity contribution in [1.82, 2.24) is 5.43 Å². The summed E-state index contributed by atoms with van der Waals surface area (Å²) >= 11 is 0. The van der Waals surface area contributed by atoms with E-state index in [-0.39, 0.29) is 5.75 Å². The Labute approximate surface area is 203 Å². The molecule has 0 unspecified atom stereocenters. The number of nitrogens with zero attached hydrogens (tertiary/aromatic N) is 1. The Kier molecular flexibility index (Phi) is 8.66. The normalized spacial score (nSPS) is 10.5. The Morgan fingerprint density at radius 2 is 1.49 bits per heavy atom. The van der Waals surface area contributed by atoms with Gasteiger partial charge >= 0.3 is 5.97 Å². The number of ether oxygens (including phenoxy) is 5. The number of carbonyl (C=O) groups excluding carboxylic acids is 2. The van der Waals surface area contributed by atoms with Gasteiger partial charge in [-0.3, -0.25) is 4.79 Å². The van der Waals surface area contributed by atoms with E-state index in [1.807, 2.05) is 6.92 Å². The molecule has 0 aliphatic rings. The highest BCUT2D eigenvalue weighted by molar-refractivity contribution is 5.95. The van der Waals surface area contributed by atoms with Crippen molar-refractivity contribution >= 4 is 18.1 Å². The number of esters is 1. The first kappa shape index (κ1) is 25.1. The molecule has 3 aromatic rings. The monoisotopic (exact) mass is 478 g/mol. The van der Waals surface area contributed by atoms with E-state index in [2.05, 4.69) is 10.5 Å². The molecule has 0 fully saturated rings. The maximum absolute atomic E-state index is 12.5. The highest BCUT2D eigenvalue weighted by atomic mass is 16.6. The number of methoxy groups -OCH3 is 3. The number of benzene rings is 3. The number of hydrazone groups is 1. The summed E-state index contributed by atoms with van der Waals surface area (Å²) in [5, 5.41) is 4.00.